The summed E-state index contributed by atoms with van der Waals surface area (Å²) < 4.78 is 24.6. The zero-order valence-electron chi connectivity index (χ0n) is 5.80. The van der Waals surface area contributed by atoms with Gasteiger partial charge in [0.05, 0.1) is 0 Å². The summed E-state index contributed by atoms with van der Waals surface area (Å²) in [7, 11) is 0. The number of carbonyl (C=O) groups is 1. The van der Waals surface area contributed by atoms with E-state index in [4.69, 9.17) is 0 Å². The number of hydrogen-bond acceptors (Lipinski definition) is 2. The topological polar surface area (TPSA) is 30.0 Å². The van der Waals surface area contributed by atoms with E-state index in [1.807, 2.05) is 0 Å². The van der Waals surface area contributed by atoms with Crippen molar-refractivity contribution in [1.29, 1.82) is 0 Å². The van der Waals surface area contributed by atoms with Crippen molar-refractivity contribution in [2.24, 2.45) is 0 Å². The standard InChI is InChI=1S/C7H4BrF2NO/c8-6-2-11-1-4(7(9)10)5(6)3-12/h1-3,7H. The number of rotatable bonds is 2. The molecule has 1 heterocycles. The van der Waals surface area contributed by atoms with Gasteiger partial charge in [0.1, 0.15) is 0 Å². The highest BCUT2D eigenvalue weighted by atomic mass is 79.9. The second-order valence-corrected chi connectivity index (χ2v) is 2.90. The Kier molecular flexibility index (Phi) is 2.86. The summed E-state index contributed by atoms with van der Waals surface area (Å²) in [6.45, 7) is 0. The van der Waals surface area contributed by atoms with Gasteiger partial charge in [0, 0.05) is 28.0 Å². The summed E-state index contributed by atoms with van der Waals surface area (Å²) >= 11 is 2.95. The van der Waals surface area contributed by atoms with E-state index in [1.165, 1.54) is 6.20 Å². The molecule has 0 fully saturated rings. The Morgan fingerprint density at radius 2 is 2.17 bits per heavy atom. The van der Waals surface area contributed by atoms with Gasteiger partial charge in [0.25, 0.3) is 6.43 Å². The van der Waals surface area contributed by atoms with E-state index in [0.717, 1.165) is 6.20 Å². The van der Waals surface area contributed by atoms with Crippen LogP contribution in [0.5, 0.6) is 0 Å². The van der Waals surface area contributed by atoms with Crippen molar-refractivity contribution < 1.29 is 13.6 Å². The molecule has 0 radical (unpaired) electrons. The first kappa shape index (κ1) is 9.25. The summed E-state index contributed by atoms with van der Waals surface area (Å²) in [6, 6.07) is 0. The van der Waals surface area contributed by atoms with E-state index in [2.05, 4.69) is 20.9 Å². The van der Waals surface area contributed by atoms with Gasteiger partial charge in [-0.05, 0) is 15.9 Å². The number of halogens is 3. The van der Waals surface area contributed by atoms with E-state index in [0.29, 0.717) is 6.29 Å². The highest BCUT2D eigenvalue weighted by molar-refractivity contribution is 9.10. The molecule has 0 spiro atoms. The first-order chi connectivity index (χ1) is 5.66. The van der Waals surface area contributed by atoms with Crippen molar-refractivity contribution in [3.8, 4) is 0 Å². The summed E-state index contributed by atoms with van der Waals surface area (Å²) in [5.41, 5.74) is -0.389. The SMILES string of the molecule is O=Cc1c(Br)cncc1C(F)F. The van der Waals surface area contributed by atoms with Gasteiger partial charge >= 0.3 is 0 Å². The van der Waals surface area contributed by atoms with Crippen LogP contribution in [0.4, 0.5) is 8.78 Å². The van der Waals surface area contributed by atoms with Crippen LogP contribution in [0.2, 0.25) is 0 Å². The van der Waals surface area contributed by atoms with Crippen LogP contribution in [0, 0.1) is 0 Å². The van der Waals surface area contributed by atoms with Crippen molar-refractivity contribution in [2.75, 3.05) is 0 Å². The zero-order valence-corrected chi connectivity index (χ0v) is 7.38. The minimum atomic E-state index is -2.67. The normalized spacial score (nSPS) is 10.3. The number of nitrogens with zero attached hydrogens (tertiary/aromatic N) is 1. The smallest absolute Gasteiger partial charge is 0.266 e. The molecule has 0 amide bonds. The van der Waals surface area contributed by atoms with E-state index in [1.54, 1.807) is 0 Å². The number of alkyl halides is 2. The third-order valence-corrected chi connectivity index (χ3v) is 1.95. The van der Waals surface area contributed by atoms with Gasteiger partial charge in [-0.25, -0.2) is 8.78 Å². The van der Waals surface area contributed by atoms with Gasteiger partial charge in [0.2, 0.25) is 0 Å². The van der Waals surface area contributed by atoms with E-state index < -0.39 is 6.43 Å². The Labute approximate surface area is 75.7 Å². The Hall–Kier alpha value is -0.840. The fourth-order valence-corrected chi connectivity index (χ4v) is 1.20. The molecule has 0 saturated carbocycles. The summed E-state index contributed by atoms with van der Waals surface area (Å²) in [4.78, 5) is 13.9. The van der Waals surface area contributed by atoms with E-state index in [-0.39, 0.29) is 15.6 Å². The number of hydrogen-bond donors (Lipinski definition) is 0. The minimum Gasteiger partial charge on any atom is -0.298 e. The van der Waals surface area contributed by atoms with Crippen LogP contribution >= 0.6 is 15.9 Å². The van der Waals surface area contributed by atoms with Crippen molar-refractivity contribution in [2.45, 2.75) is 6.43 Å². The summed E-state index contributed by atoms with van der Waals surface area (Å²) in [6.07, 6.45) is -0.00243. The second-order valence-electron chi connectivity index (χ2n) is 2.04. The third kappa shape index (κ3) is 1.66. The van der Waals surface area contributed by atoms with E-state index >= 15 is 0 Å². The molecule has 0 aliphatic carbocycles. The zero-order chi connectivity index (χ0) is 9.14. The molecule has 1 aromatic heterocycles. The lowest BCUT2D eigenvalue weighted by atomic mass is 10.2. The third-order valence-electron chi connectivity index (χ3n) is 1.32. The van der Waals surface area contributed by atoms with Gasteiger partial charge in [-0.1, -0.05) is 0 Å². The van der Waals surface area contributed by atoms with E-state index in [9.17, 15) is 13.6 Å². The molecule has 0 aliphatic rings. The molecule has 0 atom stereocenters. The molecule has 64 valence electrons. The molecule has 0 saturated heterocycles. The van der Waals surface area contributed by atoms with Gasteiger partial charge in [-0.15, -0.1) is 0 Å². The van der Waals surface area contributed by atoms with Crippen molar-refractivity contribution >= 4 is 22.2 Å². The highest BCUT2D eigenvalue weighted by Gasteiger charge is 2.14. The molecule has 0 aromatic carbocycles. The first-order valence-corrected chi connectivity index (χ1v) is 3.83. The fourth-order valence-electron chi connectivity index (χ4n) is 0.758. The fraction of sp³-hybridized carbons (Fsp3) is 0.143. The van der Waals surface area contributed by atoms with Gasteiger partial charge in [0.15, 0.2) is 6.29 Å². The lowest BCUT2D eigenvalue weighted by molar-refractivity contribution is 0.110. The molecule has 1 aromatic rings. The number of aromatic nitrogens is 1. The Bertz CT molecular complexity index is 303. The van der Waals surface area contributed by atoms with Crippen LogP contribution < -0.4 is 0 Å². The molecule has 12 heavy (non-hydrogen) atoms. The second kappa shape index (κ2) is 3.71. The quantitative estimate of drug-likeness (QED) is 0.738. The maximum absolute atomic E-state index is 12.2. The molecule has 0 aliphatic heterocycles. The van der Waals surface area contributed by atoms with Crippen LogP contribution in [-0.4, -0.2) is 11.3 Å². The Balaban J connectivity index is 3.27. The predicted octanol–water partition coefficient (Wildman–Crippen LogP) is 2.59. The largest absolute Gasteiger partial charge is 0.298 e. The van der Waals surface area contributed by atoms with Crippen LogP contribution in [0.25, 0.3) is 0 Å². The molecule has 1 rings (SSSR count). The van der Waals surface area contributed by atoms with Crippen LogP contribution in [0.3, 0.4) is 0 Å². The van der Waals surface area contributed by atoms with Gasteiger partial charge < -0.3 is 0 Å². The highest BCUT2D eigenvalue weighted by Crippen LogP contribution is 2.25. The first-order valence-electron chi connectivity index (χ1n) is 3.03. The molecular formula is C7H4BrF2NO. The number of carbonyl (C=O) groups excluding carboxylic acids is 1. The molecule has 2 nitrogen and oxygen atoms in total. The monoisotopic (exact) mass is 235 g/mol. The maximum atomic E-state index is 12.2. The molecule has 0 bridgehead atoms. The molecule has 5 heteroatoms. The van der Waals surface area contributed by atoms with Crippen LogP contribution in [0.1, 0.15) is 22.3 Å². The lowest BCUT2D eigenvalue weighted by Crippen LogP contribution is -1.95. The predicted molar refractivity (Wildman–Crippen MR) is 42.3 cm³/mol. The minimum absolute atomic E-state index is 0.0417. The van der Waals surface area contributed by atoms with Crippen LogP contribution in [-0.2, 0) is 0 Å². The molecule has 0 unspecified atom stereocenters. The summed E-state index contributed by atoms with van der Waals surface area (Å²) in [5.74, 6) is 0. The van der Waals surface area contributed by atoms with Gasteiger partial charge in [-0.2, -0.15) is 0 Å². The average Bonchev–Trinajstić information content (AvgIpc) is 2.03. The van der Waals surface area contributed by atoms with Crippen molar-refractivity contribution in [1.82, 2.24) is 4.98 Å². The number of pyridine rings is 1. The molecular weight excluding hydrogens is 232 g/mol. The average molecular weight is 236 g/mol. The summed E-state index contributed by atoms with van der Waals surface area (Å²) in [5, 5.41) is 0. The Morgan fingerprint density at radius 3 is 2.58 bits per heavy atom. The lowest BCUT2D eigenvalue weighted by Gasteiger charge is -2.03. The molecule has 0 N–H and O–H groups in total. The van der Waals surface area contributed by atoms with Gasteiger partial charge in [-0.3, -0.25) is 9.78 Å². The Morgan fingerprint density at radius 1 is 1.50 bits per heavy atom. The van der Waals surface area contributed by atoms with Crippen molar-refractivity contribution in [3.63, 3.8) is 0 Å². The number of aldehydes is 1. The maximum Gasteiger partial charge on any atom is 0.266 e. The van der Waals surface area contributed by atoms with Crippen molar-refractivity contribution in [3.05, 3.63) is 28.0 Å². The van der Waals surface area contributed by atoms with Crippen LogP contribution in [0.15, 0.2) is 16.9 Å².